The minimum absolute atomic E-state index is 0.578. The quantitative estimate of drug-likeness (QED) is 0.692. The smallest absolute Gasteiger partial charge is 0.0713 e. The van der Waals surface area contributed by atoms with Gasteiger partial charge in [-0.05, 0) is 24.1 Å². The van der Waals surface area contributed by atoms with Crippen LogP contribution in [0, 0.1) is 0 Å². The number of rotatable bonds is 4. The Labute approximate surface area is 90.3 Å². The third-order valence-corrected chi connectivity index (χ3v) is 2.31. The highest BCUT2D eigenvalue weighted by Crippen LogP contribution is 2.11. The number of allylic oxidation sites excluding steroid dienone is 1. The first-order valence-corrected chi connectivity index (χ1v) is 5.10. The molecule has 0 aliphatic rings. The Morgan fingerprint density at radius 1 is 1.50 bits per heavy atom. The number of hydrogen-bond donors (Lipinski definition) is 0. The molecule has 0 saturated heterocycles. The van der Waals surface area contributed by atoms with Gasteiger partial charge in [0.1, 0.15) is 0 Å². The molecule has 0 radical (unpaired) electrons. The number of alkyl halides is 1. The molecule has 0 aliphatic heterocycles. The van der Waals surface area contributed by atoms with Crippen molar-refractivity contribution in [2.24, 2.45) is 0 Å². The fourth-order valence-electron chi connectivity index (χ4n) is 1.26. The summed E-state index contributed by atoms with van der Waals surface area (Å²) in [6.45, 7) is 2.68. The molecule has 0 saturated carbocycles. The topological polar surface area (TPSA) is 9.23 Å². The first-order chi connectivity index (χ1) is 6.76. The second-order valence-electron chi connectivity index (χ2n) is 3.30. The van der Waals surface area contributed by atoms with Crippen LogP contribution in [-0.2, 0) is 11.3 Å². The second-order valence-corrected chi connectivity index (χ2v) is 3.57. The zero-order chi connectivity index (χ0) is 10.4. The molecule has 1 aromatic carbocycles. The van der Waals surface area contributed by atoms with Crippen molar-refractivity contribution in [3.8, 4) is 0 Å². The molecular formula is C12H15ClO. The highest BCUT2D eigenvalue weighted by Gasteiger charge is 1.93. The zero-order valence-corrected chi connectivity index (χ0v) is 9.34. The van der Waals surface area contributed by atoms with E-state index in [1.807, 2.05) is 13.0 Å². The van der Waals surface area contributed by atoms with Crippen LogP contribution in [0.5, 0.6) is 0 Å². The minimum Gasteiger partial charge on any atom is -0.380 e. The van der Waals surface area contributed by atoms with Gasteiger partial charge in [-0.1, -0.05) is 29.8 Å². The molecule has 0 N–H and O–H groups in total. The van der Waals surface area contributed by atoms with Gasteiger partial charge in [-0.3, -0.25) is 0 Å². The third-order valence-electron chi connectivity index (χ3n) is 1.89. The fraction of sp³-hybridized carbons (Fsp3) is 0.333. The van der Waals surface area contributed by atoms with Gasteiger partial charge in [0.2, 0.25) is 0 Å². The van der Waals surface area contributed by atoms with Crippen molar-refractivity contribution in [2.75, 3.05) is 13.0 Å². The van der Waals surface area contributed by atoms with Crippen molar-refractivity contribution in [3.05, 3.63) is 41.0 Å². The summed E-state index contributed by atoms with van der Waals surface area (Å²) in [4.78, 5) is 0. The van der Waals surface area contributed by atoms with Crippen molar-refractivity contribution >= 4 is 17.7 Å². The first-order valence-electron chi connectivity index (χ1n) is 4.57. The Kier molecular flexibility index (Phi) is 4.71. The van der Waals surface area contributed by atoms with E-state index in [1.54, 1.807) is 7.11 Å². The molecule has 1 aromatic rings. The molecule has 76 valence electrons. The van der Waals surface area contributed by atoms with E-state index >= 15 is 0 Å². The number of hydrogen-bond acceptors (Lipinski definition) is 1. The highest BCUT2D eigenvalue weighted by atomic mass is 35.5. The number of benzene rings is 1. The van der Waals surface area contributed by atoms with Crippen LogP contribution in [0.2, 0.25) is 0 Å². The lowest BCUT2D eigenvalue weighted by atomic mass is 10.1. The van der Waals surface area contributed by atoms with E-state index < -0.39 is 0 Å². The largest absolute Gasteiger partial charge is 0.380 e. The Bertz CT molecular complexity index is 318. The molecule has 0 atom stereocenters. The van der Waals surface area contributed by atoms with Crippen LogP contribution >= 0.6 is 11.6 Å². The normalized spacial score (nSPS) is 11.8. The van der Waals surface area contributed by atoms with Crippen LogP contribution in [0.25, 0.3) is 6.08 Å². The lowest BCUT2D eigenvalue weighted by Crippen LogP contribution is -1.87. The lowest BCUT2D eigenvalue weighted by Gasteiger charge is -2.01. The third kappa shape index (κ3) is 3.52. The molecule has 0 spiro atoms. The summed E-state index contributed by atoms with van der Waals surface area (Å²) >= 11 is 5.71. The van der Waals surface area contributed by atoms with Crippen molar-refractivity contribution in [1.82, 2.24) is 0 Å². The predicted octanol–water partition coefficient (Wildman–Crippen LogP) is 3.48. The molecule has 0 aliphatic carbocycles. The summed E-state index contributed by atoms with van der Waals surface area (Å²) in [6, 6.07) is 8.26. The Hall–Kier alpha value is -0.790. The first kappa shape index (κ1) is 11.3. The van der Waals surface area contributed by atoms with Crippen LogP contribution in [0.15, 0.2) is 29.8 Å². The van der Waals surface area contributed by atoms with Crippen molar-refractivity contribution in [1.29, 1.82) is 0 Å². The van der Waals surface area contributed by atoms with E-state index in [-0.39, 0.29) is 0 Å². The predicted molar refractivity (Wildman–Crippen MR) is 61.5 cm³/mol. The molecule has 0 amide bonds. The van der Waals surface area contributed by atoms with E-state index in [0.29, 0.717) is 12.5 Å². The van der Waals surface area contributed by atoms with Gasteiger partial charge in [-0.15, -0.1) is 11.6 Å². The molecule has 0 fully saturated rings. The van der Waals surface area contributed by atoms with E-state index in [2.05, 4.69) is 24.3 Å². The molecule has 0 heterocycles. The average Bonchev–Trinajstić information content (AvgIpc) is 2.19. The summed E-state index contributed by atoms with van der Waals surface area (Å²) in [5, 5.41) is 0. The molecular weight excluding hydrogens is 196 g/mol. The Morgan fingerprint density at radius 2 is 2.29 bits per heavy atom. The molecule has 1 rings (SSSR count). The summed E-state index contributed by atoms with van der Waals surface area (Å²) in [5.74, 6) is 0.578. The van der Waals surface area contributed by atoms with E-state index in [1.165, 1.54) is 16.7 Å². The van der Waals surface area contributed by atoms with Gasteiger partial charge >= 0.3 is 0 Å². The summed E-state index contributed by atoms with van der Waals surface area (Å²) in [6.07, 6.45) is 2.09. The molecule has 0 bridgehead atoms. The summed E-state index contributed by atoms with van der Waals surface area (Å²) in [5.41, 5.74) is 3.53. The van der Waals surface area contributed by atoms with Crippen LogP contribution < -0.4 is 0 Å². The van der Waals surface area contributed by atoms with Crippen LogP contribution in [-0.4, -0.2) is 13.0 Å². The zero-order valence-electron chi connectivity index (χ0n) is 8.59. The van der Waals surface area contributed by atoms with Crippen LogP contribution in [0.3, 0.4) is 0 Å². The Balaban J connectivity index is 2.83. The monoisotopic (exact) mass is 210 g/mol. The van der Waals surface area contributed by atoms with Crippen molar-refractivity contribution < 1.29 is 4.74 Å². The second kappa shape index (κ2) is 5.84. The van der Waals surface area contributed by atoms with Crippen LogP contribution in [0.4, 0.5) is 0 Å². The van der Waals surface area contributed by atoms with E-state index in [9.17, 15) is 0 Å². The summed E-state index contributed by atoms with van der Waals surface area (Å²) in [7, 11) is 1.70. The number of halogens is 1. The molecule has 2 heteroatoms. The molecule has 0 aromatic heterocycles. The maximum Gasteiger partial charge on any atom is 0.0713 e. The molecule has 14 heavy (non-hydrogen) atoms. The van der Waals surface area contributed by atoms with Crippen molar-refractivity contribution in [2.45, 2.75) is 13.5 Å². The number of ether oxygens (including phenoxy) is 1. The molecule has 0 unspecified atom stereocenters. The van der Waals surface area contributed by atoms with Gasteiger partial charge < -0.3 is 4.74 Å². The standard InChI is InChI=1S/C12H15ClO/c1-10(8-13)6-11-4-3-5-12(7-11)9-14-2/h3-7H,8-9H2,1-2H3. The van der Waals surface area contributed by atoms with Crippen LogP contribution in [0.1, 0.15) is 18.1 Å². The van der Waals surface area contributed by atoms with Gasteiger partial charge in [0.25, 0.3) is 0 Å². The fourth-order valence-corrected chi connectivity index (χ4v) is 1.34. The van der Waals surface area contributed by atoms with E-state index in [0.717, 1.165) is 0 Å². The SMILES string of the molecule is COCc1cccc(C=C(C)CCl)c1. The van der Waals surface area contributed by atoms with Gasteiger partial charge in [-0.25, -0.2) is 0 Å². The van der Waals surface area contributed by atoms with Gasteiger partial charge in [0.05, 0.1) is 6.61 Å². The van der Waals surface area contributed by atoms with Gasteiger partial charge in [-0.2, -0.15) is 0 Å². The molecule has 1 nitrogen and oxygen atoms in total. The minimum atomic E-state index is 0.578. The van der Waals surface area contributed by atoms with Gasteiger partial charge in [0.15, 0.2) is 0 Å². The number of methoxy groups -OCH3 is 1. The van der Waals surface area contributed by atoms with Gasteiger partial charge in [0, 0.05) is 13.0 Å². The average molecular weight is 211 g/mol. The lowest BCUT2D eigenvalue weighted by molar-refractivity contribution is 0.185. The Morgan fingerprint density at radius 3 is 2.93 bits per heavy atom. The maximum atomic E-state index is 5.71. The highest BCUT2D eigenvalue weighted by molar-refractivity contribution is 6.19. The van der Waals surface area contributed by atoms with Crippen molar-refractivity contribution in [3.63, 3.8) is 0 Å². The van der Waals surface area contributed by atoms with E-state index in [4.69, 9.17) is 16.3 Å². The summed E-state index contributed by atoms with van der Waals surface area (Å²) < 4.78 is 5.07. The maximum absolute atomic E-state index is 5.71.